The molecule has 0 aromatic heterocycles. The van der Waals surface area contributed by atoms with Crippen LogP contribution in [0.1, 0.15) is 33.3 Å². The molecule has 0 aliphatic carbocycles. The minimum Gasteiger partial charge on any atom is -0.434 e. The van der Waals surface area contributed by atoms with E-state index in [1.165, 1.54) is 0 Å². The summed E-state index contributed by atoms with van der Waals surface area (Å²) in [7, 11) is 0. The van der Waals surface area contributed by atoms with Gasteiger partial charge in [0.2, 0.25) is 0 Å². The maximum Gasteiger partial charge on any atom is 0.509 e. The van der Waals surface area contributed by atoms with Gasteiger partial charge in [0, 0.05) is 5.56 Å². The minimum atomic E-state index is -0.871. The van der Waals surface area contributed by atoms with Gasteiger partial charge in [0.05, 0.1) is 6.61 Å². The predicted molar refractivity (Wildman–Crippen MR) is 74.7 cm³/mol. The number of hydrogen-bond donors (Lipinski definition) is 0. The van der Waals surface area contributed by atoms with E-state index in [0.717, 1.165) is 5.56 Å². The van der Waals surface area contributed by atoms with Crippen LogP contribution in [-0.2, 0) is 9.47 Å². The van der Waals surface area contributed by atoms with Gasteiger partial charge in [0.25, 0.3) is 0 Å². The fourth-order valence-electron chi connectivity index (χ4n) is 1.24. The number of benzene rings is 1. The summed E-state index contributed by atoms with van der Waals surface area (Å²) in [4.78, 5) is 11.5. The molecular formula is C16H20O3. The van der Waals surface area contributed by atoms with Gasteiger partial charge in [0.1, 0.15) is 0 Å². The van der Waals surface area contributed by atoms with Crippen molar-refractivity contribution in [2.75, 3.05) is 6.61 Å². The summed E-state index contributed by atoms with van der Waals surface area (Å²) in [5.41, 5.74) is 0.0129. The number of carbonyl (C=O) groups excluding carboxylic acids is 1. The lowest BCUT2D eigenvalue weighted by atomic mass is 10.1. The smallest absolute Gasteiger partial charge is 0.434 e. The molecule has 3 nitrogen and oxygen atoms in total. The summed E-state index contributed by atoms with van der Waals surface area (Å²) in [5, 5.41) is 0. The maximum atomic E-state index is 11.5. The normalized spacial score (nSPS) is 10.6. The highest BCUT2D eigenvalue weighted by Gasteiger charge is 2.21. The average molecular weight is 260 g/mol. The zero-order chi connectivity index (χ0) is 14.3. The molecule has 1 aromatic rings. The number of rotatable bonds is 3. The Labute approximate surface area is 114 Å². The first kappa shape index (κ1) is 15.1. The molecule has 1 rings (SSSR count). The van der Waals surface area contributed by atoms with Gasteiger partial charge in [0.15, 0.2) is 5.60 Å². The van der Waals surface area contributed by atoms with Gasteiger partial charge >= 0.3 is 6.16 Å². The van der Waals surface area contributed by atoms with Crippen LogP contribution in [0.5, 0.6) is 0 Å². The topological polar surface area (TPSA) is 35.5 Å². The molecule has 0 fully saturated rings. The first-order chi connectivity index (χ1) is 8.89. The third-order valence-corrected chi connectivity index (χ3v) is 2.15. The highest BCUT2D eigenvalue weighted by molar-refractivity contribution is 5.61. The molecule has 102 valence electrons. The van der Waals surface area contributed by atoms with Crippen molar-refractivity contribution in [2.24, 2.45) is 5.92 Å². The van der Waals surface area contributed by atoms with Crippen LogP contribution in [0.2, 0.25) is 0 Å². The van der Waals surface area contributed by atoms with Crippen molar-refractivity contribution in [2.45, 2.75) is 33.3 Å². The van der Waals surface area contributed by atoms with E-state index in [9.17, 15) is 4.79 Å². The Morgan fingerprint density at radius 3 is 2.47 bits per heavy atom. The molecule has 0 aliphatic heterocycles. The molecule has 0 unspecified atom stereocenters. The van der Waals surface area contributed by atoms with Crippen LogP contribution in [0.25, 0.3) is 0 Å². The Kier molecular flexibility index (Phi) is 5.44. The molecule has 0 N–H and O–H groups in total. The van der Waals surface area contributed by atoms with E-state index in [1.54, 1.807) is 13.8 Å². The summed E-state index contributed by atoms with van der Waals surface area (Å²) < 4.78 is 10.1. The Morgan fingerprint density at radius 2 is 1.89 bits per heavy atom. The van der Waals surface area contributed by atoms with Crippen molar-refractivity contribution in [1.29, 1.82) is 0 Å². The van der Waals surface area contributed by atoms with E-state index >= 15 is 0 Å². The van der Waals surface area contributed by atoms with E-state index in [2.05, 4.69) is 11.8 Å². The molecule has 0 aliphatic rings. The lowest BCUT2D eigenvalue weighted by Gasteiger charge is -2.18. The minimum absolute atomic E-state index is 0.283. The summed E-state index contributed by atoms with van der Waals surface area (Å²) in [6.45, 7) is 7.75. The summed E-state index contributed by atoms with van der Waals surface area (Å²) in [5.74, 6) is 6.18. The first-order valence-corrected chi connectivity index (χ1v) is 6.33. The van der Waals surface area contributed by atoms with Crippen LogP contribution in [0.4, 0.5) is 4.79 Å². The van der Waals surface area contributed by atoms with Crippen molar-refractivity contribution in [1.82, 2.24) is 0 Å². The Hall–Kier alpha value is -1.95. The lowest BCUT2D eigenvalue weighted by Crippen LogP contribution is -2.27. The number of ether oxygens (including phenoxy) is 2. The van der Waals surface area contributed by atoms with Crippen LogP contribution in [0.3, 0.4) is 0 Å². The molecule has 0 heterocycles. The van der Waals surface area contributed by atoms with Crippen LogP contribution in [-0.4, -0.2) is 18.4 Å². The second-order valence-corrected chi connectivity index (χ2v) is 5.18. The summed E-state index contributed by atoms with van der Waals surface area (Å²) >= 11 is 0. The first-order valence-electron chi connectivity index (χ1n) is 6.33. The SMILES string of the molecule is CC(C)COC(=O)OC(C)(C)C#Cc1ccccc1. The van der Waals surface area contributed by atoms with Gasteiger partial charge in [-0.3, -0.25) is 0 Å². The fraction of sp³-hybridized carbons (Fsp3) is 0.438. The summed E-state index contributed by atoms with van der Waals surface area (Å²) in [6.07, 6.45) is -0.680. The van der Waals surface area contributed by atoms with Crippen LogP contribution < -0.4 is 0 Å². The van der Waals surface area contributed by atoms with Crippen LogP contribution in [0.15, 0.2) is 30.3 Å². The van der Waals surface area contributed by atoms with Crippen molar-refractivity contribution in [3.05, 3.63) is 35.9 Å². The molecule has 0 radical (unpaired) electrons. The molecule has 0 saturated carbocycles. The molecule has 0 bridgehead atoms. The third kappa shape index (κ3) is 6.52. The van der Waals surface area contributed by atoms with Crippen LogP contribution >= 0.6 is 0 Å². The fourth-order valence-corrected chi connectivity index (χ4v) is 1.24. The molecule has 0 saturated heterocycles. The van der Waals surface area contributed by atoms with Gasteiger partial charge < -0.3 is 9.47 Å². The lowest BCUT2D eigenvalue weighted by molar-refractivity contribution is 0.00477. The second kappa shape index (κ2) is 6.84. The van der Waals surface area contributed by atoms with Crippen molar-refractivity contribution < 1.29 is 14.3 Å². The largest absolute Gasteiger partial charge is 0.509 e. The van der Waals surface area contributed by atoms with Gasteiger partial charge in [-0.1, -0.05) is 43.9 Å². The van der Waals surface area contributed by atoms with E-state index in [0.29, 0.717) is 6.61 Å². The van der Waals surface area contributed by atoms with E-state index in [4.69, 9.17) is 9.47 Å². The zero-order valence-electron chi connectivity index (χ0n) is 11.9. The maximum absolute atomic E-state index is 11.5. The zero-order valence-corrected chi connectivity index (χ0v) is 11.9. The quantitative estimate of drug-likeness (QED) is 0.615. The highest BCUT2D eigenvalue weighted by Crippen LogP contribution is 2.10. The van der Waals surface area contributed by atoms with Gasteiger partial charge in [-0.05, 0) is 31.9 Å². The van der Waals surface area contributed by atoms with Crippen molar-refractivity contribution >= 4 is 6.16 Å². The standard InChI is InChI=1S/C16H20O3/c1-13(2)12-18-15(17)19-16(3,4)11-10-14-8-6-5-7-9-14/h5-9,13H,12H2,1-4H3. The van der Waals surface area contributed by atoms with Gasteiger partial charge in [-0.15, -0.1) is 0 Å². The van der Waals surface area contributed by atoms with Crippen molar-refractivity contribution in [3.63, 3.8) is 0 Å². The monoisotopic (exact) mass is 260 g/mol. The molecule has 0 atom stereocenters. The molecule has 1 aromatic carbocycles. The summed E-state index contributed by atoms with van der Waals surface area (Å²) in [6, 6.07) is 9.56. The van der Waals surface area contributed by atoms with E-state index in [1.807, 2.05) is 44.2 Å². The predicted octanol–water partition coefficient (Wildman–Crippen LogP) is 3.63. The Morgan fingerprint density at radius 1 is 1.26 bits per heavy atom. The molecular weight excluding hydrogens is 240 g/mol. The molecule has 0 amide bonds. The van der Waals surface area contributed by atoms with E-state index < -0.39 is 11.8 Å². The highest BCUT2D eigenvalue weighted by atomic mass is 16.7. The Bertz CT molecular complexity index is 464. The number of hydrogen-bond acceptors (Lipinski definition) is 3. The van der Waals surface area contributed by atoms with Crippen LogP contribution in [0, 0.1) is 17.8 Å². The average Bonchev–Trinajstić information content (AvgIpc) is 2.35. The second-order valence-electron chi connectivity index (χ2n) is 5.18. The third-order valence-electron chi connectivity index (χ3n) is 2.15. The Balaban J connectivity index is 2.57. The molecule has 3 heteroatoms. The molecule has 19 heavy (non-hydrogen) atoms. The molecule has 0 spiro atoms. The van der Waals surface area contributed by atoms with Gasteiger partial charge in [-0.25, -0.2) is 4.79 Å². The van der Waals surface area contributed by atoms with Gasteiger partial charge in [-0.2, -0.15) is 0 Å². The van der Waals surface area contributed by atoms with Crippen molar-refractivity contribution in [3.8, 4) is 11.8 Å². The number of carbonyl (C=O) groups is 1. The van der Waals surface area contributed by atoms with E-state index in [-0.39, 0.29) is 5.92 Å².